The molecule has 0 bridgehead atoms. The SMILES string of the molecule is CNCc1cc(OC)ccc1-c1cc2cccc(C)c2o1. The summed E-state index contributed by atoms with van der Waals surface area (Å²) in [5, 5.41) is 4.33. The lowest BCUT2D eigenvalue weighted by atomic mass is 10.0. The summed E-state index contributed by atoms with van der Waals surface area (Å²) in [6, 6.07) is 14.4. The minimum Gasteiger partial charge on any atom is -0.497 e. The van der Waals surface area contributed by atoms with Crippen LogP contribution in [-0.2, 0) is 6.54 Å². The molecule has 0 unspecified atom stereocenters. The third-order valence-corrected chi connectivity index (χ3v) is 3.69. The number of fused-ring (bicyclic) bond motifs is 1. The Hall–Kier alpha value is -2.26. The molecule has 0 spiro atoms. The minimum absolute atomic E-state index is 0.766. The summed E-state index contributed by atoms with van der Waals surface area (Å²) >= 11 is 0. The molecule has 1 N–H and O–H groups in total. The fourth-order valence-corrected chi connectivity index (χ4v) is 2.62. The minimum atomic E-state index is 0.766. The van der Waals surface area contributed by atoms with Crippen molar-refractivity contribution in [3.8, 4) is 17.1 Å². The zero-order valence-corrected chi connectivity index (χ0v) is 12.6. The van der Waals surface area contributed by atoms with Crippen LogP contribution in [0.3, 0.4) is 0 Å². The van der Waals surface area contributed by atoms with Gasteiger partial charge in [0.2, 0.25) is 0 Å². The third kappa shape index (κ3) is 2.52. The number of hydrogen-bond acceptors (Lipinski definition) is 3. The molecule has 2 aromatic carbocycles. The van der Waals surface area contributed by atoms with E-state index in [0.717, 1.165) is 45.7 Å². The maximum absolute atomic E-state index is 6.08. The monoisotopic (exact) mass is 281 g/mol. The molecule has 0 saturated carbocycles. The molecule has 1 heterocycles. The van der Waals surface area contributed by atoms with E-state index in [0.29, 0.717) is 0 Å². The number of para-hydroxylation sites is 1. The highest BCUT2D eigenvalue weighted by molar-refractivity contribution is 5.85. The van der Waals surface area contributed by atoms with Crippen LogP contribution in [0.2, 0.25) is 0 Å². The Morgan fingerprint density at radius 2 is 2.00 bits per heavy atom. The van der Waals surface area contributed by atoms with Crippen molar-refractivity contribution in [2.45, 2.75) is 13.5 Å². The molecular weight excluding hydrogens is 262 g/mol. The van der Waals surface area contributed by atoms with Crippen molar-refractivity contribution in [2.24, 2.45) is 0 Å². The first-order valence-electron chi connectivity index (χ1n) is 7.04. The van der Waals surface area contributed by atoms with Crippen molar-refractivity contribution in [2.75, 3.05) is 14.2 Å². The second-order valence-electron chi connectivity index (χ2n) is 5.16. The van der Waals surface area contributed by atoms with Gasteiger partial charge in [-0.05, 0) is 49.4 Å². The number of aryl methyl sites for hydroxylation is 1. The molecule has 0 atom stereocenters. The van der Waals surface area contributed by atoms with Gasteiger partial charge >= 0.3 is 0 Å². The highest BCUT2D eigenvalue weighted by Crippen LogP contribution is 2.33. The summed E-state index contributed by atoms with van der Waals surface area (Å²) in [7, 11) is 3.62. The Morgan fingerprint density at radius 1 is 1.14 bits per heavy atom. The Morgan fingerprint density at radius 3 is 2.71 bits per heavy atom. The molecule has 3 heteroatoms. The zero-order chi connectivity index (χ0) is 14.8. The van der Waals surface area contributed by atoms with Crippen LogP contribution in [0.15, 0.2) is 46.9 Å². The van der Waals surface area contributed by atoms with Gasteiger partial charge in [0.05, 0.1) is 7.11 Å². The second-order valence-corrected chi connectivity index (χ2v) is 5.16. The Bertz CT molecular complexity index is 774. The number of methoxy groups -OCH3 is 1. The molecular formula is C18H19NO2. The molecule has 108 valence electrons. The van der Waals surface area contributed by atoms with Crippen molar-refractivity contribution >= 4 is 11.0 Å². The molecule has 0 fully saturated rings. The van der Waals surface area contributed by atoms with Gasteiger partial charge in [-0.3, -0.25) is 0 Å². The van der Waals surface area contributed by atoms with E-state index in [9.17, 15) is 0 Å². The van der Waals surface area contributed by atoms with E-state index in [2.05, 4.69) is 42.6 Å². The highest BCUT2D eigenvalue weighted by Gasteiger charge is 2.12. The van der Waals surface area contributed by atoms with Gasteiger partial charge in [-0.1, -0.05) is 18.2 Å². The fourth-order valence-electron chi connectivity index (χ4n) is 2.62. The van der Waals surface area contributed by atoms with Crippen molar-refractivity contribution in [3.63, 3.8) is 0 Å². The van der Waals surface area contributed by atoms with E-state index in [1.54, 1.807) is 7.11 Å². The zero-order valence-electron chi connectivity index (χ0n) is 12.6. The molecule has 1 aromatic heterocycles. The van der Waals surface area contributed by atoms with Crippen molar-refractivity contribution in [3.05, 3.63) is 53.6 Å². The summed E-state index contributed by atoms with van der Waals surface area (Å²) in [5.41, 5.74) is 4.37. The summed E-state index contributed by atoms with van der Waals surface area (Å²) in [5.74, 6) is 1.75. The number of nitrogens with one attached hydrogen (secondary N) is 1. The molecule has 0 aliphatic heterocycles. The molecule has 21 heavy (non-hydrogen) atoms. The van der Waals surface area contributed by atoms with E-state index >= 15 is 0 Å². The van der Waals surface area contributed by atoms with Gasteiger partial charge in [0, 0.05) is 17.5 Å². The van der Waals surface area contributed by atoms with E-state index < -0.39 is 0 Å². The lowest BCUT2D eigenvalue weighted by molar-refractivity contribution is 0.414. The van der Waals surface area contributed by atoms with Crippen LogP contribution in [0.5, 0.6) is 5.75 Å². The Kier molecular flexibility index (Phi) is 3.67. The topological polar surface area (TPSA) is 34.4 Å². The lowest BCUT2D eigenvalue weighted by Crippen LogP contribution is -2.06. The highest BCUT2D eigenvalue weighted by atomic mass is 16.5. The average molecular weight is 281 g/mol. The lowest BCUT2D eigenvalue weighted by Gasteiger charge is -2.09. The molecule has 0 amide bonds. The number of furan rings is 1. The maximum atomic E-state index is 6.08. The molecule has 0 aliphatic rings. The molecule has 0 aliphatic carbocycles. The van der Waals surface area contributed by atoms with E-state index in [1.165, 1.54) is 0 Å². The van der Waals surface area contributed by atoms with Crippen molar-refractivity contribution in [1.82, 2.24) is 5.32 Å². The third-order valence-electron chi connectivity index (χ3n) is 3.69. The van der Waals surface area contributed by atoms with Crippen LogP contribution >= 0.6 is 0 Å². The van der Waals surface area contributed by atoms with Gasteiger partial charge in [0.25, 0.3) is 0 Å². The summed E-state index contributed by atoms with van der Waals surface area (Å²) < 4.78 is 11.4. The van der Waals surface area contributed by atoms with Crippen molar-refractivity contribution < 1.29 is 9.15 Å². The van der Waals surface area contributed by atoms with E-state index in [-0.39, 0.29) is 0 Å². The molecule has 3 nitrogen and oxygen atoms in total. The van der Waals surface area contributed by atoms with E-state index in [4.69, 9.17) is 9.15 Å². The first kappa shape index (κ1) is 13.7. The van der Waals surface area contributed by atoms with Crippen LogP contribution in [0, 0.1) is 6.92 Å². The molecule has 0 saturated heterocycles. The quantitative estimate of drug-likeness (QED) is 0.780. The largest absolute Gasteiger partial charge is 0.497 e. The number of ether oxygens (including phenoxy) is 1. The van der Waals surface area contributed by atoms with Crippen LogP contribution in [0.25, 0.3) is 22.3 Å². The maximum Gasteiger partial charge on any atom is 0.137 e. The van der Waals surface area contributed by atoms with Crippen molar-refractivity contribution in [1.29, 1.82) is 0 Å². The number of rotatable bonds is 4. The Labute approximate surface area is 124 Å². The molecule has 3 aromatic rings. The number of hydrogen-bond donors (Lipinski definition) is 1. The smallest absolute Gasteiger partial charge is 0.137 e. The summed E-state index contributed by atoms with van der Waals surface area (Å²) in [4.78, 5) is 0. The van der Waals surface area contributed by atoms with Gasteiger partial charge < -0.3 is 14.5 Å². The first-order chi connectivity index (χ1) is 10.2. The van der Waals surface area contributed by atoms with Gasteiger partial charge in [0.1, 0.15) is 17.1 Å². The molecule has 0 radical (unpaired) electrons. The average Bonchev–Trinajstić information content (AvgIpc) is 2.93. The molecule has 3 rings (SSSR count). The van der Waals surface area contributed by atoms with Crippen LogP contribution in [0.1, 0.15) is 11.1 Å². The Balaban J connectivity index is 2.15. The summed E-state index contributed by atoms with van der Waals surface area (Å²) in [6.07, 6.45) is 0. The number of benzene rings is 2. The second kappa shape index (κ2) is 5.62. The van der Waals surface area contributed by atoms with Gasteiger partial charge in [-0.2, -0.15) is 0 Å². The predicted octanol–water partition coefficient (Wildman–Crippen LogP) is 4.14. The van der Waals surface area contributed by atoms with E-state index in [1.807, 2.05) is 19.2 Å². The van der Waals surface area contributed by atoms with Gasteiger partial charge in [-0.25, -0.2) is 0 Å². The van der Waals surface area contributed by atoms with Gasteiger partial charge in [-0.15, -0.1) is 0 Å². The normalized spacial score (nSPS) is 11.0. The van der Waals surface area contributed by atoms with Crippen LogP contribution < -0.4 is 10.1 Å². The summed E-state index contributed by atoms with van der Waals surface area (Å²) in [6.45, 7) is 2.83. The van der Waals surface area contributed by atoms with Crippen LogP contribution in [-0.4, -0.2) is 14.2 Å². The standard InChI is InChI=1S/C18H19NO2/c1-12-5-4-6-13-10-17(21-18(12)13)16-8-7-15(20-3)9-14(16)11-19-2/h4-10,19H,11H2,1-3H3. The van der Waals surface area contributed by atoms with Gasteiger partial charge in [0.15, 0.2) is 0 Å². The fraction of sp³-hybridized carbons (Fsp3) is 0.222. The first-order valence-corrected chi connectivity index (χ1v) is 7.04. The van der Waals surface area contributed by atoms with Crippen LogP contribution in [0.4, 0.5) is 0 Å². The predicted molar refractivity (Wildman–Crippen MR) is 85.7 cm³/mol.